The Kier molecular flexibility index (Phi) is 10.5. The molecule has 0 aliphatic carbocycles. The summed E-state index contributed by atoms with van der Waals surface area (Å²) in [6.07, 6.45) is 0.817. The van der Waals surface area contributed by atoms with Crippen LogP contribution in [0.3, 0.4) is 0 Å². The minimum absolute atomic E-state index is 0.151. The van der Waals surface area contributed by atoms with Crippen LogP contribution < -0.4 is 5.32 Å². The van der Waals surface area contributed by atoms with E-state index in [1.165, 1.54) is 5.56 Å². The van der Waals surface area contributed by atoms with Crippen molar-refractivity contribution in [2.45, 2.75) is 46.1 Å². The lowest BCUT2D eigenvalue weighted by Gasteiger charge is -2.32. The summed E-state index contributed by atoms with van der Waals surface area (Å²) < 4.78 is 5.89. The number of nitrogens with one attached hydrogen (secondary N) is 1. The third kappa shape index (κ3) is 6.80. The summed E-state index contributed by atoms with van der Waals surface area (Å²) in [5.74, 6) is -0.0239. The number of esters is 1. The van der Waals surface area contributed by atoms with Gasteiger partial charge < -0.3 is 10.1 Å². The highest BCUT2D eigenvalue weighted by molar-refractivity contribution is 5.90. The lowest BCUT2D eigenvalue weighted by Crippen LogP contribution is -2.42. The molecule has 3 aromatic rings. The van der Waals surface area contributed by atoms with Gasteiger partial charge in [0.25, 0.3) is 0 Å². The summed E-state index contributed by atoms with van der Waals surface area (Å²) in [6.45, 7) is 9.63. The van der Waals surface area contributed by atoms with E-state index in [9.17, 15) is 4.79 Å². The SMILES string of the molecule is CC.CC.O=C(OC1CNCCC1c1ccccc1)c1ccc(-c2ccccc2)cc1. The first kappa shape index (κ1) is 24.4. The molecule has 0 amide bonds. The van der Waals surface area contributed by atoms with Crippen LogP contribution in [0.5, 0.6) is 0 Å². The number of hydrogen-bond donors (Lipinski definition) is 1. The van der Waals surface area contributed by atoms with Crippen LogP contribution in [0.4, 0.5) is 0 Å². The van der Waals surface area contributed by atoms with E-state index in [1.54, 1.807) is 0 Å². The molecule has 3 nitrogen and oxygen atoms in total. The molecule has 1 heterocycles. The van der Waals surface area contributed by atoms with Crippen molar-refractivity contribution < 1.29 is 9.53 Å². The van der Waals surface area contributed by atoms with Crippen LogP contribution in [-0.4, -0.2) is 25.2 Å². The summed E-state index contributed by atoms with van der Waals surface area (Å²) in [4.78, 5) is 12.7. The van der Waals surface area contributed by atoms with E-state index in [0.717, 1.165) is 24.1 Å². The van der Waals surface area contributed by atoms with E-state index in [0.29, 0.717) is 12.1 Å². The Morgan fingerprint density at radius 2 is 1.32 bits per heavy atom. The van der Waals surface area contributed by atoms with Crippen LogP contribution in [0, 0.1) is 0 Å². The van der Waals surface area contributed by atoms with Crippen LogP contribution >= 0.6 is 0 Å². The minimum Gasteiger partial charge on any atom is -0.457 e. The second-order valence-corrected chi connectivity index (χ2v) is 6.90. The van der Waals surface area contributed by atoms with Crippen LogP contribution in [0.1, 0.15) is 56.0 Å². The summed E-state index contributed by atoms with van der Waals surface area (Å²) in [5.41, 5.74) is 4.05. The van der Waals surface area contributed by atoms with Crippen molar-refractivity contribution in [1.82, 2.24) is 5.32 Å². The highest BCUT2D eigenvalue weighted by Crippen LogP contribution is 2.28. The van der Waals surface area contributed by atoms with Crippen molar-refractivity contribution in [2.24, 2.45) is 0 Å². The fraction of sp³-hybridized carbons (Fsp3) is 0.321. The number of benzene rings is 3. The lowest BCUT2D eigenvalue weighted by atomic mass is 9.88. The third-order valence-corrected chi connectivity index (χ3v) is 5.14. The van der Waals surface area contributed by atoms with Crippen molar-refractivity contribution in [2.75, 3.05) is 13.1 Å². The molecule has 3 heteroatoms. The Balaban J connectivity index is 0.000000807. The van der Waals surface area contributed by atoms with Gasteiger partial charge in [0.1, 0.15) is 6.10 Å². The molecule has 4 rings (SSSR count). The maximum atomic E-state index is 12.7. The van der Waals surface area contributed by atoms with Gasteiger partial charge in [-0.1, -0.05) is 100 Å². The van der Waals surface area contributed by atoms with Crippen molar-refractivity contribution >= 4 is 5.97 Å². The fourth-order valence-corrected chi connectivity index (χ4v) is 3.67. The third-order valence-electron chi connectivity index (χ3n) is 5.14. The average molecular weight is 418 g/mol. The molecule has 0 saturated carbocycles. The Labute approximate surface area is 187 Å². The van der Waals surface area contributed by atoms with Gasteiger partial charge in [-0.25, -0.2) is 4.79 Å². The highest BCUT2D eigenvalue weighted by atomic mass is 16.5. The Bertz CT molecular complexity index is 876. The Morgan fingerprint density at radius 3 is 1.94 bits per heavy atom. The van der Waals surface area contributed by atoms with Crippen molar-refractivity contribution in [1.29, 1.82) is 0 Å². The molecule has 0 radical (unpaired) electrons. The van der Waals surface area contributed by atoms with E-state index in [1.807, 2.05) is 88.4 Å². The molecule has 0 bridgehead atoms. The van der Waals surface area contributed by atoms with Gasteiger partial charge in [0, 0.05) is 12.5 Å². The molecule has 0 aromatic heterocycles. The summed E-state index contributed by atoms with van der Waals surface area (Å²) in [6, 6.07) is 28.1. The van der Waals surface area contributed by atoms with E-state index >= 15 is 0 Å². The highest BCUT2D eigenvalue weighted by Gasteiger charge is 2.29. The quantitative estimate of drug-likeness (QED) is 0.480. The van der Waals surface area contributed by atoms with Crippen LogP contribution in [0.15, 0.2) is 84.9 Å². The van der Waals surface area contributed by atoms with E-state index < -0.39 is 0 Å². The largest absolute Gasteiger partial charge is 0.457 e. The smallest absolute Gasteiger partial charge is 0.338 e. The zero-order valence-corrected chi connectivity index (χ0v) is 19.2. The molecular weight excluding hydrogens is 382 g/mol. The first-order chi connectivity index (χ1) is 15.3. The molecule has 1 N–H and O–H groups in total. The first-order valence-corrected chi connectivity index (χ1v) is 11.4. The molecule has 2 atom stereocenters. The Hall–Kier alpha value is -2.91. The van der Waals surface area contributed by atoms with Crippen molar-refractivity contribution in [3.8, 4) is 11.1 Å². The molecule has 1 aliphatic heterocycles. The number of rotatable bonds is 4. The average Bonchev–Trinajstić information content (AvgIpc) is 2.88. The van der Waals surface area contributed by atoms with Gasteiger partial charge >= 0.3 is 5.97 Å². The standard InChI is InChI=1S/C24H23NO2.2C2H6/c26-24(21-13-11-19(12-14-21)18-7-3-1-4-8-18)27-23-17-25-16-15-22(23)20-9-5-2-6-10-20;2*1-2/h1-14,22-23,25H,15-17H2;2*1-2H3. The van der Waals surface area contributed by atoms with Crippen LogP contribution in [0.2, 0.25) is 0 Å². The van der Waals surface area contributed by atoms with E-state index in [-0.39, 0.29) is 18.0 Å². The van der Waals surface area contributed by atoms with Gasteiger partial charge in [-0.3, -0.25) is 0 Å². The molecule has 0 spiro atoms. The lowest BCUT2D eigenvalue weighted by molar-refractivity contribution is 0.0182. The minimum atomic E-state index is -0.260. The molecule has 3 aromatic carbocycles. The molecule has 31 heavy (non-hydrogen) atoms. The van der Waals surface area contributed by atoms with E-state index in [4.69, 9.17) is 4.74 Å². The molecule has 2 unspecified atom stereocenters. The second kappa shape index (κ2) is 13.4. The fourth-order valence-electron chi connectivity index (χ4n) is 3.67. The second-order valence-electron chi connectivity index (χ2n) is 6.90. The molecule has 1 fully saturated rings. The maximum absolute atomic E-state index is 12.7. The number of ether oxygens (including phenoxy) is 1. The topological polar surface area (TPSA) is 38.3 Å². The predicted octanol–water partition coefficient (Wildman–Crippen LogP) is 6.71. The van der Waals surface area contributed by atoms with Crippen molar-refractivity contribution in [3.63, 3.8) is 0 Å². The molecule has 1 saturated heterocycles. The van der Waals surface area contributed by atoms with Crippen LogP contribution in [-0.2, 0) is 4.74 Å². The van der Waals surface area contributed by atoms with Gasteiger partial charge in [-0.15, -0.1) is 0 Å². The zero-order valence-electron chi connectivity index (χ0n) is 19.2. The number of hydrogen-bond acceptors (Lipinski definition) is 3. The summed E-state index contributed by atoms with van der Waals surface area (Å²) >= 11 is 0. The maximum Gasteiger partial charge on any atom is 0.338 e. The molecule has 164 valence electrons. The van der Waals surface area contributed by atoms with Gasteiger partial charge in [0.05, 0.1) is 5.56 Å². The van der Waals surface area contributed by atoms with Crippen LogP contribution in [0.25, 0.3) is 11.1 Å². The van der Waals surface area contributed by atoms with E-state index in [2.05, 4.69) is 29.6 Å². The van der Waals surface area contributed by atoms with Crippen molar-refractivity contribution in [3.05, 3.63) is 96.1 Å². The number of carbonyl (C=O) groups is 1. The monoisotopic (exact) mass is 417 g/mol. The van der Waals surface area contributed by atoms with Gasteiger partial charge in [0.2, 0.25) is 0 Å². The number of carbonyl (C=O) groups excluding carboxylic acids is 1. The summed E-state index contributed by atoms with van der Waals surface area (Å²) in [5, 5.41) is 3.34. The first-order valence-electron chi connectivity index (χ1n) is 11.4. The summed E-state index contributed by atoms with van der Waals surface area (Å²) in [7, 11) is 0. The normalized spacial score (nSPS) is 17.3. The van der Waals surface area contributed by atoms with Gasteiger partial charge in [-0.2, -0.15) is 0 Å². The molecule has 1 aliphatic rings. The molecular formula is C28H35NO2. The number of piperidine rings is 1. The predicted molar refractivity (Wildman–Crippen MR) is 130 cm³/mol. The Morgan fingerprint density at radius 1 is 0.774 bits per heavy atom. The zero-order chi connectivity index (χ0) is 22.5. The van der Waals surface area contributed by atoms with Gasteiger partial charge in [0.15, 0.2) is 0 Å². The van der Waals surface area contributed by atoms with Gasteiger partial charge in [-0.05, 0) is 41.8 Å².